The molecule has 1 amide bonds. The third-order valence-corrected chi connectivity index (χ3v) is 5.36. The molecule has 1 saturated heterocycles. The molecule has 1 aromatic heterocycles. The van der Waals surface area contributed by atoms with Crippen molar-refractivity contribution in [3.05, 3.63) is 45.9 Å². The zero-order chi connectivity index (χ0) is 16.2. The SMILES string of the molecule is COc1ccccc1C[C@H]1CCCN(C(=O)c2scnc2C)C1. The van der Waals surface area contributed by atoms with E-state index in [1.807, 2.05) is 30.0 Å². The first kappa shape index (κ1) is 16.0. The molecule has 1 aliphatic heterocycles. The Labute approximate surface area is 141 Å². The Morgan fingerprint density at radius 3 is 3.00 bits per heavy atom. The van der Waals surface area contributed by atoms with Crippen molar-refractivity contribution in [2.45, 2.75) is 26.2 Å². The third kappa shape index (κ3) is 3.55. The van der Waals surface area contributed by atoms with Crippen LogP contribution in [0.5, 0.6) is 5.75 Å². The van der Waals surface area contributed by atoms with E-state index in [-0.39, 0.29) is 5.91 Å². The van der Waals surface area contributed by atoms with Crippen molar-refractivity contribution in [2.24, 2.45) is 5.92 Å². The van der Waals surface area contributed by atoms with Crippen molar-refractivity contribution in [2.75, 3.05) is 20.2 Å². The largest absolute Gasteiger partial charge is 0.496 e. The Bertz CT molecular complexity index is 683. The molecule has 0 unspecified atom stereocenters. The summed E-state index contributed by atoms with van der Waals surface area (Å²) in [4.78, 5) is 19.6. The Morgan fingerprint density at radius 1 is 1.43 bits per heavy atom. The van der Waals surface area contributed by atoms with Gasteiger partial charge in [0.1, 0.15) is 10.6 Å². The summed E-state index contributed by atoms with van der Waals surface area (Å²) in [5, 5.41) is 0. The summed E-state index contributed by atoms with van der Waals surface area (Å²) in [5.74, 6) is 1.56. The van der Waals surface area contributed by atoms with E-state index in [1.54, 1.807) is 12.6 Å². The van der Waals surface area contributed by atoms with Crippen LogP contribution in [0.15, 0.2) is 29.8 Å². The maximum absolute atomic E-state index is 12.7. The van der Waals surface area contributed by atoms with E-state index in [0.717, 1.165) is 48.7 Å². The molecule has 0 saturated carbocycles. The molecular weight excluding hydrogens is 308 g/mol. The Kier molecular flexibility index (Phi) is 4.96. The van der Waals surface area contributed by atoms with Gasteiger partial charge >= 0.3 is 0 Å². The molecule has 4 nitrogen and oxygen atoms in total. The lowest BCUT2D eigenvalue weighted by molar-refractivity contribution is 0.0677. The quantitative estimate of drug-likeness (QED) is 0.861. The lowest BCUT2D eigenvalue weighted by Gasteiger charge is -2.33. The molecule has 2 heterocycles. The summed E-state index contributed by atoms with van der Waals surface area (Å²) < 4.78 is 5.45. The van der Waals surface area contributed by atoms with Crippen molar-refractivity contribution in [1.82, 2.24) is 9.88 Å². The number of thiazole rings is 1. The van der Waals surface area contributed by atoms with E-state index >= 15 is 0 Å². The van der Waals surface area contributed by atoms with Crippen molar-refractivity contribution in [3.63, 3.8) is 0 Å². The Hall–Kier alpha value is -1.88. The lowest BCUT2D eigenvalue weighted by atomic mass is 9.91. The van der Waals surface area contributed by atoms with Crippen molar-refractivity contribution >= 4 is 17.2 Å². The first-order valence-electron chi connectivity index (χ1n) is 8.00. The number of piperidine rings is 1. The highest BCUT2D eigenvalue weighted by Gasteiger charge is 2.26. The smallest absolute Gasteiger partial charge is 0.265 e. The van der Waals surface area contributed by atoms with Gasteiger partial charge in [-0.3, -0.25) is 4.79 Å². The molecule has 0 N–H and O–H groups in total. The highest BCUT2D eigenvalue weighted by molar-refractivity contribution is 7.11. The third-order valence-electron chi connectivity index (χ3n) is 4.45. The number of amides is 1. The normalized spacial score (nSPS) is 18.0. The van der Waals surface area contributed by atoms with Crippen LogP contribution < -0.4 is 4.74 Å². The van der Waals surface area contributed by atoms with Gasteiger partial charge in [0.25, 0.3) is 5.91 Å². The van der Waals surface area contributed by atoms with Gasteiger partial charge in [0.15, 0.2) is 0 Å². The highest BCUT2D eigenvalue weighted by atomic mass is 32.1. The number of methoxy groups -OCH3 is 1. The summed E-state index contributed by atoms with van der Waals surface area (Å²) in [6.45, 7) is 3.56. The van der Waals surface area contributed by atoms with Crippen LogP contribution in [0.25, 0.3) is 0 Å². The fourth-order valence-corrected chi connectivity index (χ4v) is 4.02. The van der Waals surface area contributed by atoms with E-state index in [9.17, 15) is 4.79 Å². The minimum absolute atomic E-state index is 0.134. The summed E-state index contributed by atoms with van der Waals surface area (Å²) in [6.07, 6.45) is 3.17. The first-order chi connectivity index (χ1) is 11.2. The number of rotatable bonds is 4. The van der Waals surface area contributed by atoms with Crippen LogP contribution in [0.4, 0.5) is 0 Å². The number of ether oxygens (including phenoxy) is 1. The highest BCUT2D eigenvalue weighted by Crippen LogP contribution is 2.27. The number of benzene rings is 1. The van der Waals surface area contributed by atoms with Gasteiger partial charge in [-0.15, -0.1) is 11.3 Å². The number of para-hydroxylation sites is 1. The second-order valence-corrected chi connectivity index (χ2v) is 6.90. The van der Waals surface area contributed by atoms with Crippen LogP contribution in [0.2, 0.25) is 0 Å². The van der Waals surface area contributed by atoms with Gasteiger partial charge in [0.05, 0.1) is 18.3 Å². The number of hydrogen-bond donors (Lipinski definition) is 0. The molecule has 0 radical (unpaired) electrons. The van der Waals surface area contributed by atoms with Crippen LogP contribution in [0, 0.1) is 12.8 Å². The van der Waals surface area contributed by atoms with E-state index in [0.29, 0.717) is 5.92 Å². The van der Waals surface area contributed by atoms with Crippen LogP contribution in [0.1, 0.15) is 33.8 Å². The van der Waals surface area contributed by atoms with Gasteiger partial charge in [0, 0.05) is 13.1 Å². The lowest BCUT2D eigenvalue weighted by Crippen LogP contribution is -2.40. The van der Waals surface area contributed by atoms with E-state index in [4.69, 9.17) is 4.74 Å². The van der Waals surface area contributed by atoms with Gasteiger partial charge in [0.2, 0.25) is 0 Å². The summed E-state index contributed by atoms with van der Waals surface area (Å²) in [7, 11) is 1.71. The van der Waals surface area contributed by atoms with Crippen molar-refractivity contribution in [3.8, 4) is 5.75 Å². The van der Waals surface area contributed by atoms with E-state index in [1.165, 1.54) is 16.9 Å². The molecule has 1 aromatic carbocycles. The number of aromatic nitrogens is 1. The number of nitrogens with zero attached hydrogens (tertiary/aromatic N) is 2. The minimum atomic E-state index is 0.134. The molecule has 0 bridgehead atoms. The van der Waals surface area contributed by atoms with Crippen LogP contribution in [0.3, 0.4) is 0 Å². The number of carbonyl (C=O) groups excluding carboxylic acids is 1. The second-order valence-electron chi connectivity index (χ2n) is 6.04. The average molecular weight is 330 g/mol. The fourth-order valence-electron chi connectivity index (χ4n) is 3.25. The van der Waals surface area contributed by atoms with Gasteiger partial charge in [-0.05, 0) is 43.7 Å². The van der Waals surface area contributed by atoms with Gasteiger partial charge < -0.3 is 9.64 Å². The molecule has 5 heteroatoms. The predicted octanol–water partition coefficient (Wildman–Crippen LogP) is 3.56. The molecule has 1 aliphatic rings. The zero-order valence-corrected chi connectivity index (χ0v) is 14.4. The molecule has 2 aromatic rings. The number of aryl methyl sites for hydroxylation is 1. The van der Waals surface area contributed by atoms with Crippen LogP contribution in [-0.2, 0) is 6.42 Å². The monoisotopic (exact) mass is 330 g/mol. The number of carbonyl (C=O) groups is 1. The van der Waals surface area contributed by atoms with Gasteiger partial charge in [-0.2, -0.15) is 0 Å². The summed E-state index contributed by atoms with van der Waals surface area (Å²) in [5.41, 5.74) is 3.81. The number of hydrogen-bond acceptors (Lipinski definition) is 4. The fraction of sp³-hybridized carbons (Fsp3) is 0.444. The van der Waals surface area contributed by atoms with Crippen molar-refractivity contribution < 1.29 is 9.53 Å². The zero-order valence-electron chi connectivity index (χ0n) is 13.6. The molecule has 3 rings (SSSR count). The molecule has 0 aliphatic carbocycles. The molecular formula is C18H22N2O2S. The average Bonchev–Trinajstić information content (AvgIpc) is 3.01. The maximum Gasteiger partial charge on any atom is 0.265 e. The Morgan fingerprint density at radius 2 is 2.26 bits per heavy atom. The van der Waals surface area contributed by atoms with Gasteiger partial charge in [-0.1, -0.05) is 18.2 Å². The first-order valence-corrected chi connectivity index (χ1v) is 8.88. The predicted molar refractivity (Wildman–Crippen MR) is 92.2 cm³/mol. The molecule has 0 spiro atoms. The van der Waals surface area contributed by atoms with Crippen LogP contribution >= 0.6 is 11.3 Å². The molecule has 1 atom stereocenters. The number of likely N-dealkylation sites (tertiary alicyclic amines) is 1. The Balaban J connectivity index is 1.69. The second kappa shape index (κ2) is 7.13. The summed E-state index contributed by atoms with van der Waals surface area (Å²) >= 11 is 1.44. The maximum atomic E-state index is 12.7. The topological polar surface area (TPSA) is 42.4 Å². The summed E-state index contributed by atoms with van der Waals surface area (Å²) in [6, 6.07) is 8.16. The molecule has 1 fully saturated rings. The molecule has 23 heavy (non-hydrogen) atoms. The van der Waals surface area contributed by atoms with E-state index < -0.39 is 0 Å². The van der Waals surface area contributed by atoms with Crippen LogP contribution in [-0.4, -0.2) is 36.0 Å². The standard InChI is InChI=1S/C18H22N2O2S/c1-13-17(23-12-19-13)18(21)20-9-5-6-14(11-20)10-15-7-3-4-8-16(15)22-2/h3-4,7-8,12,14H,5-6,9-11H2,1-2H3/t14-/m1/s1. The van der Waals surface area contributed by atoms with E-state index in [2.05, 4.69) is 11.1 Å². The van der Waals surface area contributed by atoms with Crippen molar-refractivity contribution in [1.29, 1.82) is 0 Å². The minimum Gasteiger partial charge on any atom is -0.496 e. The molecule has 122 valence electrons. The van der Waals surface area contributed by atoms with Gasteiger partial charge in [-0.25, -0.2) is 4.98 Å².